The number of nitrogens with one attached hydrogen (secondary N) is 1. The molecule has 1 rings (SSSR count). The van der Waals surface area contributed by atoms with Crippen molar-refractivity contribution in [1.82, 2.24) is 5.32 Å². The standard InChI is InChI=1S/C12H14N2O4S/c13-10(15)6-19-7-11(16)14-5-8-1-3-9(4-2-8)12(17)18/h1-4H,5-7H2,(H2,13,15)(H,14,16)(H,17,18). The van der Waals surface area contributed by atoms with E-state index in [0.29, 0.717) is 6.54 Å². The summed E-state index contributed by atoms with van der Waals surface area (Å²) in [6.45, 7) is 0.315. The van der Waals surface area contributed by atoms with Crippen LogP contribution in [0, 0.1) is 0 Å². The van der Waals surface area contributed by atoms with Gasteiger partial charge in [0, 0.05) is 6.54 Å². The molecule has 6 nitrogen and oxygen atoms in total. The summed E-state index contributed by atoms with van der Waals surface area (Å²) >= 11 is 1.15. The lowest BCUT2D eigenvalue weighted by Crippen LogP contribution is -2.25. The fourth-order valence-electron chi connectivity index (χ4n) is 1.26. The lowest BCUT2D eigenvalue weighted by atomic mass is 10.1. The summed E-state index contributed by atoms with van der Waals surface area (Å²) < 4.78 is 0. The van der Waals surface area contributed by atoms with E-state index in [0.717, 1.165) is 17.3 Å². The summed E-state index contributed by atoms with van der Waals surface area (Å²) in [5.41, 5.74) is 5.95. The molecule has 2 amide bonds. The van der Waals surface area contributed by atoms with Gasteiger partial charge >= 0.3 is 5.97 Å². The van der Waals surface area contributed by atoms with E-state index in [1.165, 1.54) is 12.1 Å². The Labute approximate surface area is 114 Å². The Morgan fingerprint density at radius 1 is 1.16 bits per heavy atom. The van der Waals surface area contributed by atoms with Gasteiger partial charge in [0.1, 0.15) is 0 Å². The summed E-state index contributed by atoms with van der Waals surface area (Å²) in [6, 6.07) is 6.23. The van der Waals surface area contributed by atoms with Crippen LogP contribution in [-0.4, -0.2) is 34.4 Å². The van der Waals surface area contributed by atoms with E-state index in [-0.39, 0.29) is 23.0 Å². The van der Waals surface area contributed by atoms with Crippen LogP contribution in [0.4, 0.5) is 0 Å². The van der Waals surface area contributed by atoms with Gasteiger partial charge < -0.3 is 16.2 Å². The second-order valence-corrected chi connectivity index (χ2v) is 4.72. The van der Waals surface area contributed by atoms with Crippen LogP contribution in [0.25, 0.3) is 0 Å². The molecule has 0 aromatic heterocycles. The van der Waals surface area contributed by atoms with Crippen molar-refractivity contribution < 1.29 is 19.5 Å². The van der Waals surface area contributed by atoms with Crippen molar-refractivity contribution in [2.24, 2.45) is 5.73 Å². The molecule has 0 saturated heterocycles. The summed E-state index contributed by atoms with van der Waals surface area (Å²) in [5.74, 6) is -1.37. The first kappa shape index (κ1) is 15.0. The molecule has 0 atom stereocenters. The molecule has 1 aromatic carbocycles. The zero-order chi connectivity index (χ0) is 14.3. The highest BCUT2D eigenvalue weighted by molar-refractivity contribution is 8.00. The van der Waals surface area contributed by atoms with Gasteiger partial charge in [0.15, 0.2) is 0 Å². The number of amides is 2. The highest BCUT2D eigenvalue weighted by atomic mass is 32.2. The number of carboxylic acids is 1. The molecule has 19 heavy (non-hydrogen) atoms. The van der Waals surface area contributed by atoms with Crippen molar-refractivity contribution in [3.8, 4) is 0 Å². The molecule has 4 N–H and O–H groups in total. The molecule has 0 heterocycles. The van der Waals surface area contributed by atoms with E-state index in [1.807, 2.05) is 0 Å². The van der Waals surface area contributed by atoms with Crippen molar-refractivity contribution in [1.29, 1.82) is 0 Å². The Morgan fingerprint density at radius 3 is 2.32 bits per heavy atom. The molecule has 0 spiro atoms. The number of nitrogens with two attached hydrogens (primary N) is 1. The SMILES string of the molecule is NC(=O)CSCC(=O)NCc1ccc(C(=O)O)cc1. The molecule has 1 aromatic rings. The van der Waals surface area contributed by atoms with Crippen LogP contribution in [0.3, 0.4) is 0 Å². The monoisotopic (exact) mass is 282 g/mol. The normalized spacial score (nSPS) is 9.89. The molecular weight excluding hydrogens is 268 g/mol. The molecule has 0 aliphatic rings. The van der Waals surface area contributed by atoms with Crippen LogP contribution in [0.1, 0.15) is 15.9 Å². The number of rotatable bonds is 7. The molecule has 0 aliphatic carbocycles. The molecule has 0 radical (unpaired) electrons. The number of carboxylic acid groups (broad SMARTS) is 1. The third-order valence-corrected chi connectivity index (χ3v) is 3.12. The highest BCUT2D eigenvalue weighted by Gasteiger charge is 2.04. The summed E-state index contributed by atoms with van der Waals surface area (Å²) in [4.78, 5) is 32.5. The Kier molecular flexibility index (Phi) is 5.87. The van der Waals surface area contributed by atoms with Crippen LogP contribution in [0.15, 0.2) is 24.3 Å². The summed E-state index contributed by atoms with van der Waals surface area (Å²) in [5, 5.41) is 11.4. The minimum Gasteiger partial charge on any atom is -0.478 e. The van der Waals surface area contributed by atoms with Crippen molar-refractivity contribution in [3.63, 3.8) is 0 Å². The maximum Gasteiger partial charge on any atom is 0.335 e. The van der Waals surface area contributed by atoms with E-state index < -0.39 is 11.9 Å². The third kappa shape index (κ3) is 5.91. The van der Waals surface area contributed by atoms with Gasteiger partial charge in [-0.2, -0.15) is 0 Å². The Bertz CT molecular complexity index is 473. The van der Waals surface area contributed by atoms with Crippen molar-refractivity contribution in [2.75, 3.05) is 11.5 Å². The van der Waals surface area contributed by atoms with E-state index in [1.54, 1.807) is 12.1 Å². The smallest absolute Gasteiger partial charge is 0.335 e. The Hall–Kier alpha value is -2.02. The third-order valence-electron chi connectivity index (χ3n) is 2.17. The van der Waals surface area contributed by atoms with Crippen molar-refractivity contribution in [2.45, 2.75) is 6.54 Å². The number of hydrogen-bond donors (Lipinski definition) is 3. The number of benzene rings is 1. The van der Waals surface area contributed by atoms with Crippen LogP contribution >= 0.6 is 11.8 Å². The van der Waals surface area contributed by atoms with Gasteiger partial charge in [-0.3, -0.25) is 9.59 Å². The topological polar surface area (TPSA) is 109 Å². The molecule has 0 saturated carbocycles. The zero-order valence-electron chi connectivity index (χ0n) is 10.1. The van der Waals surface area contributed by atoms with E-state index in [4.69, 9.17) is 10.8 Å². The summed E-state index contributed by atoms with van der Waals surface area (Å²) in [6.07, 6.45) is 0. The molecule has 7 heteroatoms. The molecule has 0 bridgehead atoms. The maximum absolute atomic E-state index is 11.4. The first-order valence-electron chi connectivity index (χ1n) is 5.44. The number of carbonyl (C=O) groups is 3. The minimum absolute atomic E-state index is 0.112. The number of hydrogen-bond acceptors (Lipinski definition) is 4. The molecule has 0 fully saturated rings. The number of carbonyl (C=O) groups excluding carboxylic acids is 2. The van der Waals surface area contributed by atoms with E-state index in [2.05, 4.69) is 5.32 Å². The lowest BCUT2D eigenvalue weighted by molar-refractivity contribution is -0.118. The van der Waals surface area contributed by atoms with Crippen LogP contribution < -0.4 is 11.1 Å². The predicted octanol–water partition coefficient (Wildman–Crippen LogP) is 0.220. The Balaban J connectivity index is 2.33. The second-order valence-electron chi connectivity index (χ2n) is 3.74. The first-order chi connectivity index (χ1) is 8.99. The zero-order valence-corrected chi connectivity index (χ0v) is 10.9. The van der Waals surface area contributed by atoms with Gasteiger partial charge in [-0.05, 0) is 17.7 Å². The molecule has 102 valence electrons. The molecular formula is C12H14N2O4S. The summed E-state index contributed by atoms with van der Waals surface area (Å²) in [7, 11) is 0. The van der Waals surface area contributed by atoms with Crippen molar-refractivity contribution in [3.05, 3.63) is 35.4 Å². The van der Waals surface area contributed by atoms with E-state index in [9.17, 15) is 14.4 Å². The Morgan fingerprint density at radius 2 is 1.79 bits per heavy atom. The van der Waals surface area contributed by atoms with Gasteiger partial charge in [0.05, 0.1) is 17.1 Å². The minimum atomic E-state index is -0.988. The number of thioether (sulfide) groups is 1. The maximum atomic E-state index is 11.4. The number of primary amides is 1. The van der Waals surface area contributed by atoms with Crippen LogP contribution in [0.2, 0.25) is 0 Å². The molecule has 0 aliphatic heterocycles. The van der Waals surface area contributed by atoms with Gasteiger partial charge in [-0.25, -0.2) is 4.79 Å². The largest absolute Gasteiger partial charge is 0.478 e. The van der Waals surface area contributed by atoms with Gasteiger partial charge in [-0.1, -0.05) is 12.1 Å². The molecule has 0 unspecified atom stereocenters. The van der Waals surface area contributed by atoms with Crippen LogP contribution in [-0.2, 0) is 16.1 Å². The quantitative estimate of drug-likeness (QED) is 0.662. The second kappa shape index (κ2) is 7.42. The average Bonchev–Trinajstić information content (AvgIpc) is 2.36. The lowest BCUT2D eigenvalue weighted by Gasteiger charge is -2.05. The van der Waals surface area contributed by atoms with Gasteiger partial charge in [-0.15, -0.1) is 11.8 Å². The predicted molar refractivity (Wildman–Crippen MR) is 71.8 cm³/mol. The first-order valence-corrected chi connectivity index (χ1v) is 6.59. The fourth-order valence-corrected chi connectivity index (χ4v) is 1.85. The fraction of sp³-hybridized carbons (Fsp3) is 0.250. The average molecular weight is 282 g/mol. The van der Waals surface area contributed by atoms with Crippen molar-refractivity contribution >= 4 is 29.5 Å². The highest BCUT2D eigenvalue weighted by Crippen LogP contribution is 2.04. The van der Waals surface area contributed by atoms with Gasteiger partial charge in [0.2, 0.25) is 11.8 Å². The van der Waals surface area contributed by atoms with Crippen LogP contribution in [0.5, 0.6) is 0 Å². The van der Waals surface area contributed by atoms with E-state index >= 15 is 0 Å². The number of aromatic carboxylic acids is 1. The van der Waals surface area contributed by atoms with Gasteiger partial charge in [0.25, 0.3) is 0 Å².